The summed E-state index contributed by atoms with van der Waals surface area (Å²) in [5.41, 5.74) is 4.47. The fourth-order valence-corrected chi connectivity index (χ4v) is 2.40. The molecular formula is C17H18N4O. The first-order chi connectivity index (χ1) is 10.7. The molecule has 22 heavy (non-hydrogen) atoms. The molecule has 3 rings (SSSR count). The third-order valence-electron chi connectivity index (χ3n) is 3.65. The van der Waals surface area contributed by atoms with E-state index in [4.69, 9.17) is 0 Å². The van der Waals surface area contributed by atoms with Crippen molar-refractivity contribution in [1.29, 1.82) is 0 Å². The van der Waals surface area contributed by atoms with Crippen molar-refractivity contribution >= 4 is 0 Å². The Kier molecular flexibility index (Phi) is 3.98. The van der Waals surface area contributed by atoms with E-state index in [-0.39, 0.29) is 6.61 Å². The lowest BCUT2D eigenvalue weighted by Crippen LogP contribution is -2.01. The van der Waals surface area contributed by atoms with Crippen LogP contribution >= 0.6 is 0 Å². The Morgan fingerprint density at radius 2 is 1.73 bits per heavy atom. The number of aromatic nitrogens is 4. The van der Waals surface area contributed by atoms with Crippen LogP contribution in [0.4, 0.5) is 0 Å². The molecule has 0 fully saturated rings. The van der Waals surface area contributed by atoms with E-state index in [9.17, 15) is 5.11 Å². The molecule has 0 spiro atoms. The molecule has 112 valence electrons. The average molecular weight is 294 g/mol. The van der Waals surface area contributed by atoms with Gasteiger partial charge in [0.1, 0.15) is 11.4 Å². The van der Waals surface area contributed by atoms with E-state index in [0.29, 0.717) is 11.6 Å². The number of hydrogen-bond acceptors (Lipinski definition) is 4. The van der Waals surface area contributed by atoms with Gasteiger partial charge >= 0.3 is 0 Å². The highest BCUT2D eigenvalue weighted by Crippen LogP contribution is 2.25. The van der Waals surface area contributed by atoms with Crippen LogP contribution in [0.3, 0.4) is 0 Å². The number of benzene rings is 1. The van der Waals surface area contributed by atoms with E-state index < -0.39 is 0 Å². The van der Waals surface area contributed by atoms with E-state index in [1.54, 1.807) is 17.1 Å². The van der Waals surface area contributed by atoms with Crippen LogP contribution in [-0.2, 0) is 6.61 Å². The summed E-state index contributed by atoms with van der Waals surface area (Å²) in [6.07, 6.45) is 3.44. The summed E-state index contributed by atoms with van der Waals surface area (Å²) >= 11 is 0. The van der Waals surface area contributed by atoms with Crippen LogP contribution in [0.2, 0.25) is 0 Å². The fraction of sp³-hybridized carbons (Fsp3) is 0.235. The lowest BCUT2D eigenvalue weighted by atomic mass is 10.0. The van der Waals surface area contributed by atoms with Crippen molar-refractivity contribution in [2.24, 2.45) is 0 Å². The smallest absolute Gasteiger partial charge is 0.117 e. The van der Waals surface area contributed by atoms with E-state index in [0.717, 1.165) is 16.9 Å². The summed E-state index contributed by atoms with van der Waals surface area (Å²) < 4.78 is 1.75. The average Bonchev–Trinajstić information content (AvgIpc) is 2.99. The zero-order chi connectivity index (χ0) is 15.5. The van der Waals surface area contributed by atoms with Crippen molar-refractivity contribution in [3.8, 4) is 16.9 Å². The van der Waals surface area contributed by atoms with Crippen molar-refractivity contribution in [3.05, 3.63) is 60.0 Å². The van der Waals surface area contributed by atoms with Crippen molar-refractivity contribution in [1.82, 2.24) is 20.0 Å². The second-order valence-corrected chi connectivity index (χ2v) is 5.44. The molecule has 0 aliphatic carbocycles. The predicted molar refractivity (Wildman–Crippen MR) is 84.6 cm³/mol. The topological polar surface area (TPSA) is 63.8 Å². The lowest BCUT2D eigenvalue weighted by molar-refractivity contribution is 0.277. The maximum Gasteiger partial charge on any atom is 0.117 e. The molecule has 0 aliphatic heterocycles. The van der Waals surface area contributed by atoms with Gasteiger partial charge in [0, 0.05) is 18.0 Å². The highest BCUT2D eigenvalue weighted by Gasteiger charge is 2.15. The first-order valence-electron chi connectivity index (χ1n) is 7.27. The Balaban J connectivity index is 2.10. The quantitative estimate of drug-likeness (QED) is 0.803. The van der Waals surface area contributed by atoms with Gasteiger partial charge in [-0.1, -0.05) is 31.2 Å². The molecule has 5 nitrogen and oxygen atoms in total. The molecule has 2 heterocycles. The largest absolute Gasteiger partial charge is 0.390 e. The van der Waals surface area contributed by atoms with E-state index in [2.05, 4.69) is 41.3 Å². The third-order valence-corrected chi connectivity index (χ3v) is 3.65. The Morgan fingerprint density at radius 3 is 2.32 bits per heavy atom. The van der Waals surface area contributed by atoms with E-state index >= 15 is 0 Å². The minimum Gasteiger partial charge on any atom is -0.390 e. The van der Waals surface area contributed by atoms with Gasteiger partial charge in [0.25, 0.3) is 0 Å². The Bertz CT molecular complexity index is 748. The summed E-state index contributed by atoms with van der Waals surface area (Å²) in [7, 11) is 0. The molecule has 1 N–H and O–H groups in total. The summed E-state index contributed by atoms with van der Waals surface area (Å²) in [5.74, 6) is 0.484. The van der Waals surface area contributed by atoms with Crippen LogP contribution in [-0.4, -0.2) is 25.1 Å². The summed E-state index contributed by atoms with van der Waals surface area (Å²) in [5, 5.41) is 17.8. The van der Waals surface area contributed by atoms with Crippen molar-refractivity contribution in [2.75, 3.05) is 0 Å². The molecule has 3 aromatic rings. The molecule has 5 heteroatoms. The number of aliphatic hydroxyl groups excluding tert-OH is 1. The van der Waals surface area contributed by atoms with Gasteiger partial charge in [-0.3, -0.25) is 4.98 Å². The zero-order valence-electron chi connectivity index (χ0n) is 12.6. The molecule has 0 saturated carbocycles. The fourth-order valence-electron chi connectivity index (χ4n) is 2.40. The zero-order valence-corrected chi connectivity index (χ0v) is 12.6. The van der Waals surface area contributed by atoms with Gasteiger partial charge in [0.05, 0.1) is 12.3 Å². The van der Waals surface area contributed by atoms with Crippen molar-refractivity contribution < 1.29 is 5.11 Å². The Labute approximate surface area is 129 Å². The molecule has 0 saturated heterocycles. The summed E-state index contributed by atoms with van der Waals surface area (Å²) in [4.78, 5) is 4.03. The Morgan fingerprint density at radius 1 is 1.05 bits per heavy atom. The number of nitrogens with zero attached hydrogens (tertiary/aromatic N) is 4. The molecule has 2 aromatic heterocycles. The lowest BCUT2D eigenvalue weighted by Gasteiger charge is -2.10. The molecule has 1 aromatic carbocycles. The second kappa shape index (κ2) is 6.07. The second-order valence-electron chi connectivity index (χ2n) is 5.44. The molecule has 0 radical (unpaired) electrons. The van der Waals surface area contributed by atoms with Crippen molar-refractivity contribution in [2.45, 2.75) is 26.4 Å². The third kappa shape index (κ3) is 2.63. The summed E-state index contributed by atoms with van der Waals surface area (Å²) in [6, 6.07) is 12.0. The molecule has 0 amide bonds. The molecule has 0 atom stereocenters. The van der Waals surface area contributed by atoms with E-state index in [1.165, 1.54) is 5.56 Å². The highest BCUT2D eigenvalue weighted by molar-refractivity contribution is 5.63. The van der Waals surface area contributed by atoms with Crippen LogP contribution in [0.5, 0.6) is 0 Å². The maximum atomic E-state index is 9.53. The van der Waals surface area contributed by atoms with Gasteiger partial charge in [-0.25, -0.2) is 4.68 Å². The van der Waals surface area contributed by atoms with Crippen LogP contribution in [0.25, 0.3) is 16.9 Å². The minimum atomic E-state index is -0.151. The Hall–Kier alpha value is -2.53. The van der Waals surface area contributed by atoms with Crippen LogP contribution < -0.4 is 0 Å². The normalized spacial score (nSPS) is 11.1. The molecule has 0 unspecified atom stereocenters. The van der Waals surface area contributed by atoms with E-state index in [1.807, 2.05) is 24.3 Å². The monoisotopic (exact) mass is 294 g/mol. The molecular weight excluding hydrogens is 276 g/mol. The molecule has 0 bridgehead atoms. The van der Waals surface area contributed by atoms with Gasteiger partial charge in [-0.2, -0.15) is 0 Å². The first-order valence-corrected chi connectivity index (χ1v) is 7.27. The maximum absolute atomic E-state index is 9.53. The van der Waals surface area contributed by atoms with Gasteiger partial charge in [-0.05, 0) is 35.7 Å². The molecule has 0 aliphatic rings. The van der Waals surface area contributed by atoms with Crippen molar-refractivity contribution in [3.63, 3.8) is 0 Å². The number of pyridine rings is 1. The number of hydrogen-bond donors (Lipinski definition) is 1. The predicted octanol–water partition coefficient (Wildman–Crippen LogP) is 2.95. The number of aliphatic hydroxyl groups is 1. The SMILES string of the molecule is CC(C)c1ccc(-n2nnc(CO)c2-c2ccncc2)cc1. The first kappa shape index (κ1) is 14.4. The highest BCUT2D eigenvalue weighted by atomic mass is 16.3. The number of rotatable bonds is 4. The summed E-state index contributed by atoms with van der Waals surface area (Å²) in [6.45, 7) is 4.18. The van der Waals surface area contributed by atoms with Gasteiger partial charge < -0.3 is 5.11 Å². The van der Waals surface area contributed by atoms with Crippen LogP contribution in [0.15, 0.2) is 48.8 Å². The minimum absolute atomic E-state index is 0.151. The van der Waals surface area contributed by atoms with Gasteiger partial charge in [0.2, 0.25) is 0 Å². The van der Waals surface area contributed by atoms with Crippen LogP contribution in [0.1, 0.15) is 31.0 Å². The van der Waals surface area contributed by atoms with Gasteiger partial charge in [-0.15, -0.1) is 5.10 Å². The van der Waals surface area contributed by atoms with Crippen LogP contribution in [0, 0.1) is 0 Å². The van der Waals surface area contributed by atoms with Gasteiger partial charge in [0.15, 0.2) is 0 Å². The standard InChI is InChI=1S/C17H18N4O/c1-12(2)13-3-5-15(6-4-13)21-17(16(11-22)19-20-21)14-7-9-18-10-8-14/h3-10,12,22H,11H2,1-2H3.